The molecule has 0 aliphatic carbocycles. The van der Waals surface area contributed by atoms with Crippen LogP contribution in [0.3, 0.4) is 0 Å². The van der Waals surface area contributed by atoms with Gasteiger partial charge in [0.2, 0.25) is 0 Å². The van der Waals surface area contributed by atoms with Gasteiger partial charge >= 0.3 is 11.5 Å². The molecule has 0 fully saturated rings. The van der Waals surface area contributed by atoms with Crippen molar-refractivity contribution in [1.29, 1.82) is 0 Å². The molecule has 4 rings (SSSR count). The predicted octanol–water partition coefficient (Wildman–Crippen LogP) is 7.94. The van der Waals surface area contributed by atoms with Gasteiger partial charge < -0.3 is 0 Å². The predicted molar refractivity (Wildman–Crippen MR) is 117 cm³/mol. The van der Waals surface area contributed by atoms with E-state index in [1.54, 1.807) is 0 Å². The van der Waals surface area contributed by atoms with Crippen molar-refractivity contribution >= 4 is 15.9 Å². The van der Waals surface area contributed by atoms with Crippen molar-refractivity contribution < 1.29 is 4.42 Å². The van der Waals surface area contributed by atoms with Crippen molar-refractivity contribution in [2.24, 2.45) is 0 Å². The molecule has 0 radical (unpaired) electrons. The Balaban J connectivity index is 1.89. The fraction of sp³-hybridized carbons (Fsp3) is 0.0800. The van der Waals surface area contributed by atoms with Crippen LogP contribution in [-0.4, -0.2) is 0 Å². The molecule has 0 saturated heterocycles. The topological polar surface area (TPSA) is 11.3 Å². The first kappa shape index (κ1) is 17.7. The SMILES string of the molecule is Cc1ccc(-c2cc(-c3ccc(C)cc3)[o+]c(-c3ccc(Br)cc3)c2)cc1. The van der Waals surface area contributed by atoms with Gasteiger partial charge in [-0.2, -0.15) is 0 Å². The second-order valence-corrected chi connectivity index (χ2v) is 7.73. The van der Waals surface area contributed by atoms with Gasteiger partial charge in [0.1, 0.15) is 0 Å². The zero-order chi connectivity index (χ0) is 18.8. The van der Waals surface area contributed by atoms with Crippen molar-refractivity contribution in [2.75, 3.05) is 0 Å². The Morgan fingerprint density at radius 2 is 0.926 bits per heavy atom. The maximum absolute atomic E-state index is 6.30. The van der Waals surface area contributed by atoms with Crippen LogP contribution in [0.4, 0.5) is 0 Å². The van der Waals surface area contributed by atoms with Crippen LogP contribution in [0, 0.1) is 13.8 Å². The fourth-order valence-corrected chi connectivity index (χ4v) is 3.30. The third-order valence-corrected chi connectivity index (χ3v) is 5.17. The highest BCUT2D eigenvalue weighted by atomic mass is 79.9. The number of aryl methyl sites for hydroxylation is 2. The molecular weight excluding hydrogens is 396 g/mol. The molecule has 27 heavy (non-hydrogen) atoms. The van der Waals surface area contributed by atoms with E-state index >= 15 is 0 Å². The number of hydrogen-bond acceptors (Lipinski definition) is 0. The van der Waals surface area contributed by atoms with Crippen LogP contribution in [0.15, 0.2) is 93.8 Å². The van der Waals surface area contributed by atoms with Crippen LogP contribution in [0.1, 0.15) is 11.1 Å². The third-order valence-electron chi connectivity index (χ3n) is 4.64. The summed E-state index contributed by atoms with van der Waals surface area (Å²) in [6.45, 7) is 4.20. The monoisotopic (exact) mass is 415 g/mol. The Bertz CT molecular complexity index is 909. The summed E-state index contributed by atoms with van der Waals surface area (Å²) in [6.07, 6.45) is 0. The van der Waals surface area contributed by atoms with E-state index in [4.69, 9.17) is 4.42 Å². The minimum atomic E-state index is 0.858. The minimum Gasteiger partial charge on any atom is -0.207 e. The quantitative estimate of drug-likeness (QED) is 0.309. The van der Waals surface area contributed by atoms with Crippen molar-refractivity contribution in [3.8, 4) is 33.8 Å². The molecule has 2 heteroatoms. The van der Waals surface area contributed by atoms with Crippen LogP contribution < -0.4 is 0 Å². The van der Waals surface area contributed by atoms with Crippen molar-refractivity contribution in [2.45, 2.75) is 13.8 Å². The van der Waals surface area contributed by atoms with Crippen molar-refractivity contribution in [3.63, 3.8) is 0 Å². The molecule has 132 valence electrons. The van der Waals surface area contributed by atoms with E-state index in [1.807, 2.05) is 12.1 Å². The highest BCUT2D eigenvalue weighted by Gasteiger charge is 2.20. The molecule has 0 amide bonds. The molecule has 3 aromatic carbocycles. The molecular formula is C25H20BrO+. The third kappa shape index (κ3) is 4.01. The Kier molecular flexibility index (Phi) is 4.91. The lowest BCUT2D eigenvalue weighted by Crippen LogP contribution is -1.87. The summed E-state index contributed by atoms with van der Waals surface area (Å²) in [7, 11) is 0. The first-order valence-corrected chi connectivity index (χ1v) is 9.76. The van der Waals surface area contributed by atoms with Gasteiger partial charge in [0.25, 0.3) is 0 Å². The summed E-state index contributed by atoms with van der Waals surface area (Å²) >= 11 is 3.50. The molecule has 0 saturated carbocycles. The summed E-state index contributed by atoms with van der Waals surface area (Å²) in [6, 6.07) is 29.5. The van der Waals surface area contributed by atoms with Crippen LogP contribution in [-0.2, 0) is 0 Å². The van der Waals surface area contributed by atoms with E-state index in [2.05, 4.69) is 103 Å². The highest BCUT2D eigenvalue weighted by molar-refractivity contribution is 9.10. The average Bonchev–Trinajstić information content (AvgIpc) is 2.69. The van der Waals surface area contributed by atoms with Crippen LogP contribution in [0.2, 0.25) is 0 Å². The lowest BCUT2D eigenvalue weighted by Gasteiger charge is -2.03. The normalized spacial score (nSPS) is 10.8. The molecule has 0 spiro atoms. The Hall–Kier alpha value is -2.71. The van der Waals surface area contributed by atoms with E-state index in [9.17, 15) is 0 Å². The Morgan fingerprint density at radius 3 is 1.41 bits per heavy atom. The molecule has 4 aromatic rings. The van der Waals surface area contributed by atoms with E-state index in [1.165, 1.54) is 16.7 Å². The summed E-state index contributed by atoms with van der Waals surface area (Å²) in [5, 5.41) is 0. The first-order chi connectivity index (χ1) is 13.1. The van der Waals surface area contributed by atoms with Gasteiger partial charge in [-0.05, 0) is 55.8 Å². The maximum Gasteiger partial charge on any atom is 0.361 e. The molecule has 1 heterocycles. The van der Waals surface area contributed by atoms with Gasteiger partial charge in [-0.3, -0.25) is 0 Å². The number of hydrogen-bond donors (Lipinski definition) is 0. The van der Waals surface area contributed by atoms with Gasteiger partial charge in [0.15, 0.2) is 0 Å². The van der Waals surface area contributed by atoms with E-state index < -0.39 is 0 Å². The van der Waals surface area contributed by atoms with Gasteiger partial charge in [-0.1, -0.05) is 63.5 Å². The smallest absolute Gasteiger partial charge is 0.207 e. The molecule has 0 aliphatic rings. The first-order valence-electron chi connectivity index (χ1n) is 8.97. The summed E-state index contributed by atoms with van der Waals surface area (Å²) in [4.78, 5) is 0. The lowest BCUT2D eigenvalue weighted by molar-refractivity contribution is 0.582. The van der Waals surface area contributed by atoms with Gasteiger partial charge in [0.05, 0.1) is 23.3 Å². The van der Waals surface area contributed by atoms with Crippen LogP contribution in [0.5, 0.6) is 0 Å². The van der Waals surface area contributed by atoms with Crippen LogP contribution >= 0.6 is 15.9 Å². The van der Waals surface area contributed by atoms with Crippen molar-refractivity contribution in [3.05, 3.63) is 101 Å². The Morgan fingerprint density at radius 1 is 0.519 bits per heavy atom. The lowest BCUT2D eigenvalue weighted by atomic mass is 10.0. The largest absolute Gasteiger partial charge is 0.361 e. The molecule has 0 unspecified atom stereocenters. The average molecular weight is 416 g/mol. The molecule has 1 aromatic heterocycles. The number of benzene rings is 3. The number of halogens is 1. The molecule has 0 atom stereocenters. The van der Waals surface area contributed by atoms with E-state index in [0.717, 1.165) is 32.7 Å². The van der Waals surface area contributed by atoms with Crippen molar-refractivity contribution in [1.82, 2.24) is 0 Å². The summed E-state index contributed by atoms with van der Waals surface area (Å²) in [5.74, 6) is 1.72. The second-order valence-electron chi connectivity index (χ2n) is 6.81. The fourth-order valence-electron chi connectivity index (χ4n) is 3.03. The number of rotatable bonds is 3. The molecule has 1 nitrogen and oxygen atoms in total. The summed E-state index contributed by atoms with van der Waals surface area (Å²) in [5.41, 5.74) is 6.96. The van der Waals surface area contributed by atoms with Gasteiger partial charge in [0, 0.05) is 10.0 Å². The van der Waals surface area contributed by atoms with Gasteiger partial charge in [-0.25, -0.2) is 4.42 Å². The van der Waals surface area contributed by atoms with E-state index in [-0.39, 0.29) is 0 Å². The minimum absolute atomic E-state index is 0.858. The Labute approximate surface area is 168 Å². The van der Waals surface area contributed by atoms with Crippen LogP contribution in [0.25, 0.3) is 33.8 Å². The maximum atomic E-state index is 6.30. The summed E-state index contributed by atoms with van der Waals surface area (Å²) < 4.78 is 7.36. The van der Waals surface area contributed by atoms with Gasteiger partial charge in [-0.15, -0.1) is 0 Å². The zero-order valence-electron chi connectivity index (χ0n) is 15.4. The van der Waals surface area contributed by atoms with E-state index in [0.29, 0.717) is 0 Å². The zero-order valence-corrected chi connectivity index (χ0v) is 17.0. The molecule has 0 aliphatic heterocycles. The molecule has 0 N–H and O–H groups in total. The second kappa shape index (κ2) is 7.50. The molecule has 0 bridgehead atoms. The highest BCUT2D eigenvalue weighted by Crippen LogP contribution is 2.33. The standard InChI is InChI=1S/C25H20BrO/c1-17-3-7-19(8-4-17)22-15-24(20-9-5-18(2)6-10-20)27-25(16-22)21-11-13-23(26)14-12-21/h3-16H,1-2H3/q+1.